The molecule has 2 fully saturated rings. The van der Waals surface area contributed by atoms with Crippen molar-refractivity contribution in [1.29, 1.82) is 0 Å². The summed E-state index contributed by atoms with van der Waals surface area (Å²) in [6, 6.07) is 1.74. The van der Waals surface area contributed by atoms with Gasteiger partial charge >= 0.3 is 0 Å². The summed E-state index contributed by atoms with van der Waals surface area (Å²) in [5.74, 6) is -2.13. The molecule has 0 spiro atoms. The first-order valence-corrected chi connectivity index (χ1v) is 12.7. The second-order valence-corrected chi connectivity index (χ2v) is 10.2. The van der Waals surface area contributed by atoms with Crippen LogP contribution in [0.5, 0.6) is 0 Å². The third-order valence-electron chi connectivity index (χ3n) is 7.11. The number of ether oxygens (including phenoxy) is 2. The predicted octanol–water partition coefficient (Wildman–Crippen LogP) is 1.58. The van der Waals surface area contributed by atoms with E-state index in [2.05, 4.69) is 36.6 Å². The van der Waals surface area contributed by atoms with Crippen LogP contribution >= 0.6 is 15.9 Å². The van der Waals surface area contributed by atoms with Crippen molar-refractivity contribution in [2.24, 2.45) is 0 Å². The average Bonchev–Trinajstić information content (AvgIpc) is 3.64. The lowest BCUT2D eigenvalue weighted by molar-refractivity contribution is -0.212. The van der Waals surface area contributed by atoms with Gasteiger partial charge in [0, 0.05) is 25.3 Å². The lowest BCUT2D eigenvalue weighted by Crippen LogP contribution is -2.57. The molecule has 1 saturated heterocycles. The number of nitrogens with zero attached hydrogens (tertiary/aromatic N) is 6. The molecule has 11 nitrogen and oxygen atoms in total. The highest BCUT2D eigenvalue weighted by molar-refractivity contribution is 9.10. The topological polar surface area (TPSA) is 141 Å². The van der Waals surface area contributed by atoms with Gasteiger partial charge in [-0.05, 0) is 47.3 Å². The van der Waals surface area contributed by atoms with Crippen molar-refractivity contribution in [2.75, 3.05) is 13.7 Å². The zero-order chi connectivity index (χ0) is 26.3. The highest BCUT2D eigenvalue weighted by atomic mass is 79.9. The summed E-state index contributed by atoms with van der Waals surface area (Å²) in [7, 11) is 1.45. The highest BCUT2D eigenvalue weighted by Gasteiger charge is 2.47. The van der Waals surface area contributed by atoms with Gasteiger partial charge in [-0.3, -0.25) is 0 Å². The van der Waals surface area contributed by atoms with Crippen LogP contribution in [0.2, 0.25) is 0 Å². The van der Waals surface area contributed by atoms with Crippen LogP contribution in [0.25, 0.3) is 11.3 Å². The van der Waals surface area contributed by atoms with Gasteiger partial charge in [-0.2, -0.15) is 0 Å². The molecular formula is C23H27BrF2N6O5. The maximum Gasteiger partial charge on any atom is 0.173 e. The number of methoxy groups -OCH3 is 1. The van der Waals surface area contributed by atoms with Crippen LogP contribution in [0, 0.1) is 11.6 Å². The van der Waals surface area contributed by atoms with Gasteiger partial charge in [0.05, 0.1) is 41.2 Å². The average molecular weight is 585 g/mol. The van der Waals surface area contributed by atoms with Gasteiger partial charge in [0.25, 0.3) is 0 Å². The van der Waals surface area contributed by atoms with E-state index in [1.54, 1.807) is 10.9 Å². The Kier molecular flexibility index (Phi) is 7.65. The molecule has 1 aliphatic heterocycles. The van der Waals surface area contributed by atoms with Gasteiger partial charge in [0.2, 0.25) is 0 Å². The largest absolute Gasteiger partial charge is 0.394 e. The van der Waals surface area contributed by atoms with E-state index >= 15 is 0 Å². The first-order chi connectivity index (χ1) is 17.8. The monoisotopic (exact) mass is 584 g/mol. The van der Waals surface area contributed by atoms with E-state index in [0.29, 0.717) is 12.1 Å². The fraction of sp³-hybridized carbons (Fsp3) is 0.565. The molecule has 0 bridgehead atoms. The lowest BCUT2D eigenvalue weighted by Gasteiger charge is -2.43. The van der Waals surface area contributed by atoms with Gasteiger partial charge in [0.15, 0.2) is 11.6 Å². The molecule has 2 aliphatic rings. The van der Waals surface area contributed by atoms with Gasteiger partial charge in [0.1, 0.15) is 30.0 Å². The van der Waals surface area contributed by atoms with Crippen molar-refractivity contribution in [3.05, 3.63) is 46.3 Å². The predicted molar refractivity (Wildman–Crippen MR) is 127 cm³/mol. The first kappa shape index (κ1) is 26.3. The molecule has 3 aromatic rings. The molecule has 1 saturated carbocycles. The third-order valence-corrected chi connectivity index (χ3v) is 7.73. The second kappa shape index (κ2) is 10.8. The summed E-state index contributed by atoms with van der Waals surface area (Å²) in [6.45, 7) is -0.473. The van der Waals surface area contributed by atoms with Crippen molar-refractivity contribution in [3.63, 3.8) is 0 Å². The maximum absolute atomic E-state index is 14.5. The number of hydrogen-bond acceptors (Lipinski definition) is 9. The van der Waals surface area contributed by atoms with Crippen LogP contribution in [-0.2, 0) is 15.9 Å². The standard InChI is InChI=1S/C23H27BrF2N6O5/c1-36-23-17(7-11-8-31(29-27-11)15-3-2-4-16(15)34)37-18(10-33)22(35)21(23)32-9-14(28-30-32)12-5-6-13(24)20(26)19(12)25/h5-6,8-9,15-18,21-23,33-35H,2-4,7,10H2,1H3/t15-,16-,17+,18+,21-,22-,23-/m0/s1. The highest BCUT2D eigenvalue weighted by Crippen LogP contribution is 2.35. The van der Waals surface area contributed by atoms with Gasteiger partial charge in [-0.25, -0.2) is 18.1 Å². The number of halogens is 3. The van der Waals surface area contributed by atoms with Crippen LogP contribution in [0.1, 0.15) is 37.0 Å². The minimum atomic E-state index is -1.24. The molecular weight excluding hydrogens is 558 g/mol. The van der Waals surface area contributed by atoms with Crippen LogP contribution in [0.3, 0.4) is 0 Å². The molecule has 200 valence electrons. The molecule has 3 N–H and O–H groups in total. The van der Waals surface area contributed by atoms with E-state index in [-0.39, 0.29) is 28.2 Å². The smallest absolute Gasteiger partial charge is 0.173 e. The molecule has 0 amide bonds. The van der Waals surface area contributed by atoms with E-state index < -0.39 is 54.8 Å². The van der Waals surface area contributed by atoms with Crippen LogP contribution in [0.4, 0.5) is 8.78 Å². The van der Waals surface area contributed by atoms with E-state index in [9.17, 15) is 24.1 Å². The summed E-state index contributed by atoms with van der Waals surface area (Å²) in [5, 5.41) is 47.5. The quantitative estimate of drug-likeness (QED) is 0.353. The number of benzene rings is 1. The Labute approximate surface area is 219 Å². The normalized spacial score (nSPS) is 30.2. The third kappa shape index (κ3) is 4.93. The molecule has 7 atom stereocenters. The molecule has 14 heteroatoms. The van der Waals surface area contributed by atoms with E-state index in [1.807, 2.05) is 0 Å². The SMILES string of the molecule is CO[C@@H]1[C@@H](n2cc(-c3ccc(Br)c(F)c3F)nn2)[C@@H](O)[C@@H](CO)O[C@@H]1Cc1cn([C@H]2CCC[C@@H]2O)nn1. The zero-order valence-corrected chi connectivity index (χ0v) is 21.4. The van der Waals surface area contributed by atoms with E-state index in [1.165, 1.54) is 30.1 Å². The Bertz CT molecular complexity index is 1240. The molecule has 0 unspecified atom stereocenters. The van der Waals surface area contributed by atoms with Crippen LogP contribution < -0.4 is 0 Å². The molecule has 2 aromatic heterocycles. The molecule has 37 heavy (non-hydrogen) atoms. The van der Waals surface area contributed by atoms with Crippen molar-refractivity contribution in [2.45, 2.75) is 68.3 Å². The van der Waals surface area contributed by atoms with E-state index in [0.717, 1.165) is 12.8 Å². The molecule has 5 rings (SSSR count). The summed E-state index contributed by atoms with van der Waals surface area (Å²) in [5.41, 5.74) is 0.556. The van der Waals surface area contributed by atoms with E-state index in [4.69, 9.17) is 9.47 Å². The van der Waals surface area contributed by atoms with Crippen LogP contribution in [-0.4, -0.2) is 89.5 Å². The fourth-order valence-corrected chi connectivity index (χ4v) is 5.51. The second-order valence-electron chi connectivity index (χ2n) is 9.34. The molecule has 0 radical (unpaired) electrons. The Morgan fingerprint density at radius 1 is 1.08 bits per heavy atom. The summed E-state index contributed by atoms with van der Waals surface area (Å²) in [4.78, 5) is 0. The Balaban J connectivity index is 1.42. The fourth-order valence-electron chi connectivity index (χ4n) is 5.20. The van der Waals surface area contributed by atoms with Crippen LogP contribution in [0.15, 0.2) is 29.0 Å². The Morgan fingerprint density at radius 2 is 1.86 bits per heavy atom. The summed E-state index contributed by atoms with van der Waals surface area (Å²) < 4.78 is 43.3. The van der Waals surface area contributed by atoms with Gasteiger partial charge in [-0.1, -0.05) is 10.4 Å². The maximum atomic E-state index is 14.5. The summed E-state index contributed by atoms with van der Waals surface area (Å²) in [6.07, 6.45) is 1.71. The molecule has 3 heterocycles. The number of hydrogen-bond donors (Lipinski definition) is 3. The summed E-state index contributed by atoms with van der Waals surface area (Å²) >= 11 is 2.95. The minimum Gasteiger partial charge on any atom is -0.394 e. The van der Waals surface area contributed by atoms with Gasteiger partial charge in [-0.15, -0.1) is 10.2 Å². The lowest BCUT2D eigenvalue weighted by atomic mass is 9.90. The van der Waals surface area contributed by atoms with Gasteiger partial charge < -0.3 is 24.8 Å². The molecule has 1 aliphatic carbocycles. The van der Waals surface area contributed by atoms with Crippen molar-refractivity contribution >= 4 is 15.9 Å². The molecule has 1 aromatic carbocycles. The minimum absolute atomic E-state index is 0.0200. The first-order valence-electron chi connectivity index (χ1n) is 11.9. The Hall–Kier alpha value is -2.36. The Morgan fingerprint density at radius 3 is 2.57 bits per heavy atom. The van der Waals surface area contributed by atoms with Crippen molar-refractivity contribution in [1.82, 2.24) is 30.0 Å². The number of aliphatic hydroxyl groups excluding tert-OH is 3. The zero-order valence-electron chi connectivity index (χ0n) is 19.9. The van der Waals surface area contributed by atoms with Crippen molar-refractivity contribution < 1.29 is 33.6 Å². The number of rotatable bonds is 7. The number of aromatic nitrogens is 6. The van der Waals surface area contributed by atoms with Crippen molar-refractivity contribution in [3.8, 4) is 11.3 Å². The number of aliphatic hydroxyl groups is 3.